The van der Waals surface area contributed by atoms with Gasteiger partial charge >= 0.3 is 0 Å². The molecule has 0 amide bonds. The van der Waals surface area contributed by atoms with Crippen LogP contribution in [0.2, 0.25) is 0 Å². The second kappa shape index (κ2) is 4.93. The highest BCUT2D eigenvalue weighted by molar-refractivity contribution is 8.13. The highest BCUT2D eigenvalue weighted by Crippen LogP contribution is 1.88. The Hall–Kier alpha value is -0.220. The summed E-state index contributed by atoms with van der Waals surface area (Å²) in [4.78, 5) is 0. The number of nitrogens with one attached hydrogen (secondary N) is 2. The largest absolute Gasteiger partial charge is 0.395 e. The Bertz CT molecular complexity index is 76.4. The van der Waals surface area contributed by atoms with Gasteiger partial charge in [-0.2, -0.15) is 0 Å². The molecule has 0 bridgehead atoms. The average Bonchev–Trinajstić information content (AvgIpc) is 1.83. The summed E-state index contributed by atoms with van der Waals surface area (Å²) < 4.78 is 0. The lowest BCUT2D eigenvalue weighted by Gasteiger charge is -1.99. The maximum absolute atomic E-state index is 8.24. The summed E-state index contributed by atoms with van der Waals surface area (Å²) >= 11 is 1.33. The first-order valence-electron chi connectivity index (χ1n) is 2.28. The standard InChI is InChI=1S/C4H10N2OS/c1-8-4(5)6-2-3-7/h7H,2-3H2,1H3,(H2,5,6). The molecule has 0 aromatic heterocycles. The van der Waals surface area contributed by atoms with Crippen LogP contribution in [-0.2, 0) is 0 Å². The third-order valence-corrected chi connectivity index (χ3v) is 1.15. The van der Waals surface area contributed by atoms with Crippen LogP contribution in [0.5, 0.6) is 0 Å². The molecular formula is C4H10N2OS. The van der Waals surface area contributed by atoms with Crippen molar-refractivity contribution in [3.63, 3.8) is 0 Å². The van der Waals surface area contributed by atoms with Gasteiger partial charge in [-0.15, -0.1) is 0 Å². The minimum Gasteiger partial charge on any atom is -0.395 e. The van der Waals surface area contributed by atoms with Gasteiger partial charge in [0.15, 0.2) is 5.17 Å². The summed E-state index contributed by atoms with van der Waals surface area (Å²) in [6, 6.07) is 0. The van der Waals surface area contributed by atoms with Gasteiger partial charge in [-0.25, -0.2) is 0 Å². The molecule has 0 aromatic carbocycles. The fraction of sp³-hybridized carbons (Fsp3) is 0.750. The van der Waals surface area contributed by atoms with Crippen LogP contribution in [0.1, 0.15) is 0 Å². The summed E-state index contributed by atoms with van der Waals surface area (Å²) in [5.74, 6) is 0. The van der Waals surface area contributed by atoms with Crippen LogP contribution < -0.4 is 5.32 Å². The quantitative estimate of drug-likeness (QED) is 0.364. The molecule has 48 valence electrons. The average molecular weight is 134 g/mol. The number of aliphatic hydroxyl groups is 1. The molecule has 0 atom stereocenters. The van der Waals surface area contributed by atoms with Gasteiger partial charge in [0.05, 0.1) is 6.61 Å². The van der Waals surface area contributed by atoms with E-state index in [4.69, 9.17) is 10.5 Å². The molecule has 0 heterocycles. The van der Waals surface area contributed by atoms with Gasteiger partial charge in [-0.3, -0.25) is 5.41 Å². The summed E-state index contributed by atoms with van der Waals surface area (Å²) in [6.45, 7) is 0.558. The molecule has 0 unspecified atom stereocenters. The second-order valence-electron chi connectivity index (χ2n) is 1.18. The van der Waals surface area contributed by atoms with Gasteiger partial charge in [0.1, 0.15) is 0 Å². The molecule has 0 aliphatic carbocycles. The van der Waals surface area contributed by atoms with E-state index in [9.17, 15) is 0 Å². The lowest BCUT2D eigenvalue weighted by molar-refractivity contribution is 0.300. The molecule has 0 spiro atoms. The van der Waals surface area contributed by atoms with Crippen molar-refractivity contribution in [3.8, 4) is 0 Å². The highest BCUT2D eigenvalue weighted by atomic mass is 32.2. The molecule has 0 radical (unpaired) electrons. The topological polar surface area (TPSA) is 56.1 Å². The lowest BCUT2D eigenvalue weighted by Crippen LogP contribution is -2.22. The van der Waals surface area contributed by atoms with Crippen molar-refractivity contribution in [2.75, 3.05) is 19.4 Å². The molecule has 0 aliphatic rings. The van der Waals surface area contributed by atoms with E-state index in [1.54, 1.807) is 0 Å². The summed E-state index contributed by atoms with van der Waals surface area (Å²) in [5.41, 5.74) is 0. The smallest absolute Gasteiger partial charge is 0.153 e. The Morgan fingerprint density at radius 2 is 2.50 bits per heavy atom. The second-order valence-corrected chi connectivity index (χ2v) is 2.00. The normalized spacial score (nSPS) is 8.75. The molecule has 0 fully saturated rings. The first kappa shape index (κ1) is 7.78. The van der Waals surface area contributed by atoms with E-state index in [1.165, 1.54) is 11.8 Å². The SMILES string of the molecule is CSC(=N)NCCO. The number of aliphatic hydroxyl groups excluding tert-OH is 1. The van der Waals surface area contributed by atoms with Gasteiger partial charge < -0.3 is 10.4 Å². The molecule has 0 aromatic rings. The zero-order valence-corrected chi connectivity index (χ0v) is 5.59. The van der Waals surface area contributed by atoms with E-state index in [0.29, 0.717) is 11.7 Å². The Balaban J connectivity index is 2.99. The molecule has 4 heteroatoms. The molecule has 0 saturated heterocycles. The van der Waals surface area contributed by atoms with E-state index < -0.39 is 0 Å². The van der Waals surface area contributed by atoms with Crippen LogP contribution in [0.4, 0.5) is 0 Å². The van der Waals surface area contributed by atoms with Crippen molar-refractivity contribution in [2.45, 2.75) is 0 Å². The van der Waals surface area contributed by atoms with Gasteiger partial charge in [0.2, 0.25) is 0 Å². The minimum absolute atomic E-state index is 0.0862. The minimum atomic E-state index is 0.0862. The van der Waals surface area contributed by atoms with Gasteiger partial charge in [0, 0.05) is 6.54 Å². The van der Waals surface area contributed by atoms with Crippen LogP contribution in [0, 0.1) is 5.41 Å². The number of hydrogen-bond acceptors (Lipinski definition) is 3. The fourth-order valence-corrected chi connectivity index (χ4v) is 0.488. The number of hydrogen-bond donors (Lipinski definition) is 3. The predicted octanol–water partition coefficient (Wildman–Crippen LogP) is -0.134. The maximum Gasteiger partial charge on any atom is 0.153 e. The van der Waals surface area contributed by atoms with E-state index in [-0.39, 0.29) is 6.61 Å². The zero-order chi connectivity index (χ0) is 6.41. The summed E-state index contributed by atoms with van der Waals surface area (Å²) in [5, 5.41) is 18.3. The van der Waals surface area contributed by atoms with Gasteiger partial charge in [0.25, 0.3) is 0 Å². The first-order chi connectivity index (χ1) is 3.81. The van der Waals surface area contributed by atoms with Crippen LogP contribution in [0.15, 0.2) is 0 Å². The van der Waals surface area contributed by atoms with Crippen LogP contribution in [0.3, 0.4) is 0 Å². The van der Waals surface area contributed by atoms with E-state index in [1.807, 2.05) is 6.26 Å². The van der Waals surface area contributed by atoms with Crippen molar-refractivity contribution in [1.29, 1.82) is 5.41 Å². The fourth-order valence-electron chi connectivity index (χ4n) is 0.242. The first-order valence-corrected chi connectivity index (χ1v) is 3.51. The van der Waals surface area contributed by atoms with E-state index >= 15 is 0 Å². The van der Waals surface area contributed by atoms with Crippen LogP contribution >= 0.6 is 11.8 Å². The number of amidine groups is 1. The molecule has 3 N–H and O–H groups in total. The van der Waals surface area contributed by atoms with Gasteiger partial charge in [-0.1, -0.05) is 11.8 Å². The number of thioether (sulfide) groups is 1. The molecular weight excluding hydrogens is 124 g/mol. The predicted molar refractivity (Wildman–Crippen MR) is 36.3 cm³/mol. The molecule has 3 nitrogen and oxygen atoms in total. The summed E-state index contributed by atoms with van der Waals surface area (Å²) in [6.07, 6.45) is 1.81. The van der Waals surface area contributed by atoms with Crippen molar-refractivity contribution >= 4 is 16.9 Å². The third-order valence-electron chi connectivity index (χ3n) is 0.601. The lowest BCUT2D eigenvalue weighted by atomic mass is 10.7. The Labute approximate surface area is 53.0 Å². The van der Waals surface area contributed by atoms with Crippen molar-refractivity contribution in [1.82, 2.24) is 5.32 Å². The van der Waals surface area contributed by atoms with Crippen LogP contribution in [0.25, 0.3) is 0 Å². The summed E-state index contributed by atoms with van der Waals surface area (Å²) in [7, 11) is 0. The Kier molecular flexibility index (Phi) is 4.79. The molecule has 0 saturated carbocycles. The molecule has 0 rings (SSSR count). The Morgan fingerprint density at radius 3 is 2.88 bits per heavy atom. The molecule has 8 heavy (non-hydrogen) atoms. The Morgan fingerprint density at radius 1 is 1.88 bits per heavy atom. The number of rotatable bonds is 2. The molecule has 0 aliphatic heterocycles. The maximum atomic E-state index is 8.24. The van der Waals surface area contributed by atoms with E-state index in [2.05, 4.69) is 5.32 Å². The van der Waals surface area contributed by atoms with Crippen molar-refractivity contribution in [3.05, 3.63) is 0 Å². The van der Waals surface area contributed by atoms with Crippen molar-refractivity contribution in [2.24, 2.45) is 0 Å². The third kappa shape index (κ3) is 3.95. The monoisotopic (exact) mass is 134 g/mol. The van der Waals surface area contributed by atoms with Crippen LogP contribution in [-0.4, -0.2) is 29.7 Å². The van der Waals surface area contributed by atoms with Gasteiger partial charge in [-0.05, 0) is 6.26 Å². The van der Waals surface area contributed by atoms with Crippen molar-refractivity contribution < 1.29 is 5.11 Å². The van der Waals surface area contributed by atoms with E-state index in [0.717, 1.165) is 0 Å². The zero-order valence-electron chi connectivity index (χ0n) is 4.77. The highest BCUT2D eigenvalue weighted by Gasteiger charge is 1.86.